The number of carbonyl (C=O) groups excluding carboxylic acids is 4. The van der Waals surface area contributed by atoms with E-state index in [-0.39, 0.29) is 17.5 Å². The first-order valence-electron chi connectivity index (χ1n) is 7.39. The maximum Gasteiger partial charge on any atom is 0.338 e. The van der Waals surface area contributed by atoms with E-state index < -0.39 is 24.0 Å². The van der Waals surface area contributed by atoms with Gasteiger partial charge in [-0.05, 0) is 45.0 Å². The van der Waals surface area contributed by atoms with E-state index in [9.17, 15) is 19.2 Å². The van der Waals surface area contributed by atoms with E-state index in [2.05, 4.69) is 16.0 Å². The lowest BCUT2D eigenvalue weighted by molar-refractivity contribution is -0.127. The molecular formula is C16H21N3O5. The average Bonchev–Trinajstić information content (AvgIpc) is 2.46. The molecule has 1 unspecified atom stereocenters. The van der Waals surface area contributed by atoms with Crippen molar-refractivity contribution < 1.29 is 23.9 Å². The summed E-state index contributed by atoms with van der Waals surface area (Å²) in [6, 6.07) is 5.22. The zero-order valence-corrected chi connectivity index (χ0v) is 14.0. The first kappa shape index (κ1) is 19.1. The summed E-state index contributed by atoms with van der Waals surface area (Å²) in [6.07, 6.45) is -1.13. The van der Waals surface area contributed by atoms with Crippen molar-refractivity contribution in [3.8, 4) is 0 Å². The Kier molecular flexibility index (Phi) is 6.91. The van der Waals surface area contributed by atoms with Crippen LogP contribution in [-0.4, -0.2) is 36.0 Å². The molecule has 0 saturated carbocycles. The molecule has 0 aliphatic rings. The van der Waals surface area contributed by atoms with E-state index in [1.807, 2.05) is 0 Å². The topological polar surface area (TPSA) is 114 Å². The fourth-order valence-corrected chi connectivity index (χ4v) is 1.69. The van der Waals surface area contributed by atoms with Crippen LogP contribution in [0.15, 0.2) is 24.3 Å². The van der Waals surface area contributed by atoms with Crippen LogP contribution in [0.2, 0.25) is 0 Å². The Morgan fingerprint density at radius 2 is 1.58 bits per heavy atom. The molecule has 8 heteroatoms. The van der Waals surface area contributed by atoms with Gasteiger partial charge in [0.15, 0.2) is 6.10 Å². The van der Waals surface area contributed by atoms with Crippen molar-refractivity contribution in [3.05, 3.63) is 29.8 Å². The van der Waals surface area contributed by atoms with E-state index in [4.69, 9.17) is 4.74 Å². The second-order valence-corrected chi connectivity index (χ2v) is 5.42. The van der Waals surface area contributed by atoms with E-state index in [0.29, 0.717) is 5.69 Å². The van der Waals surface area contributed by atoms with Crippen LogP contribution in [-0.2, 0) is 14.3 Å². The zero-order valence-electron chi connectivity index (χ0n) is 14.0. The molecule has 24 heavy (non-hydrogen) atoms. The van der Waals surface area contributed by atoms with Gasteiger partial charge in [-0.25, -0.2) is 9.59 Å². The number of imide groups is 1. The minimum Gasteiger partial charge on any atom is -0.449 e. The third kappa shape index (κ3) is 6.47. The summed E-state index contributed by atoms with van der Waals surface area (Å²) in [7, 11) is 0. The minimum absolute atomic E-state index is 0.127. The molecule has 130 valence electrons. The summed E-state index contributed by atoms with van der Waals surface area (Å²) >= 11 is 0. The molecule has 1 atom stereocenters. The van der Waals surface area contributed by atoms with Crippen LogP contribution >= 0.6 is 0 Å². The van der Waals surface area contributed by atoms with E-state index in [1.54, 1.807) is 26.0 Å². The Morgan fingerprint density at radius 3 is 2.08 bits per heavy atom. The molecule has 0 aliphatic carbocycles. The number of hydrogen-bond donors (Lipinski definition) is 3. The van der Waals surface area contributed by atoms with Gasteiger partial charge >= 0.3 is 12.0 Å². The predicted molar refractivity (Wildman–Crippen MR) is 87.4 cm³/mol. The van der Waals surface area contributed by atoms with Crippen LogP contribution in [0.3, 0.4) is 0 Å². The molecule has 8 nitrogen and oxygen atoms in total. The van der Waals surface area contributed by atoms with Gasteiger partial charge in [-0.2, -0.15) is 0 Å². The monoisotopic (exact) mass is 335 g/mol. The Morgan fingerprint density at radius 1 is 1.00 bits per heavy atom. The van der Waals surface area contributed by atoms with Crippen LogP contribution in [0.25, 0.3) is 0 Å². The second kappa shape index (κ2) is 8.66. The number of carbonyl (C=O) groups is 4. The van der Waals surface area contributed by atoms with Crippen LogP contribution in [0, 0.1) is 0 Å². The van der Waals surface area contributed by atoms with Crippen LogP contribution in [0.4, 0.5) is 10.5 Å². The van der Waals surface area contributed by atoms with E-state index in [1.165, 1.54) is 26.0 Å². The normalized spacial score (nSPS) is 11.4. The van der Waals surface area contributed by atoms with E-state index in [0.717, 1.165) is 0 Å². The quantitative estimate of drug-likeness (QED) is 0.704. The summed E-state index contributed by atoms with van der Waals surface area (Å²) in [5, 5.41) is 7.14. The average molecular weight is 335 g/mol. The molecule has 0 fully saturated rings. The Bertz CT molecular complexity index is 625. The Labute approximate surface area is 139 Å². The van der Waals surface area contributed by atoms with Crippen molar-refractivity contribution in [2.24, 2.45) is 0 Å². The summed E-state index contributed by atoms with van der Waals surface area (Å²) in [4.78, 5) is 46.1. The molecule has 1 rings (SSSR count). The molecule has 0 saturated heterocycles. The maximum absolute atomic E-state index is 12.0. The number of amides is 4. The standard InChI is InChI=1S/C16H21N3O5/c1-9(2)17-16(23)19-14(21)10(3)24-15(22)12-5-7-13(8-6-12)18-11(4)20/h5-10H,1-4H3,(H,18,20)(H2,17,19,21,23). The number of ether oxygens (including phenoxy) is 1. The van der Waals surface area contributed by atoms with Crippen LogP contribution in [0.1, 0.15) is 38.1 Å². The van der Waals surface area contributed by atoms with Crippen molar-refractivity contribution in [1.82, 2.24) is 10.6 Å². The lowest BCUT2D eigenvalue weighted by Crippen LogP contribution is -2.46. The third-order valence-corrected chi connectivity index (χ3v) is 2.75. The highest BCUT2D eigenvalue weighted by Crippen LogP contribution is 2.11. The smallest absolute Gasteiger partial charge is 0.338 e. The summed E-state index contributed by atoms with van der Waals surface area (Å²) in [6.45, 7) is 6.23. The van der Waals surface area contributed by atoms with Gasteiger partial charge in [0.05, 0.1) is 5.56 Å². The lowest BCUT2D eigenvalue weighted by Gasteiger charge is -2.14. The number of nitrogens with one attached hydrogen (secondary N) is 3. The highest BCUT2D eigenvalue weighted by atomic mass is 16.5. The molecule has 0 spiro atoms. The summed E-state index contributed by atoms with van der Waals surface area (Å²) in [5.74, 6) is -1.66. The molecule has 1 aromatic rings. The van der Waals surface area contributed by atoms with Gasteiger partial charge in [0.25, 0.3) is 5.91 Å². The highest BCUT2D eigenvalue weighted by molar-refractivity contribution is 5.98. The molecule has 1 aromatic carbocycles. The fourth-order valence-electron chi connectivity index (χ4n) is 1.69. The van der Waals surface area contributed by atoms with Gasteiger partial charge in [0.2, 0.25) is 5.91 Å². The van der Waals surface area contributed by atoms with Crippen LogP contribution in [0.5, 0.6) is 0 Å². The first-order valence-corrected chi connectivity index (χ1v) is 7.39. The largest absolute Gasteiger partial charge is 0.449 e. The van der Waals surface area contributed by atoms with Crippen molar-refractivity contribution >= 4 is 29.5 Å². The molecule has 4 amide bonds. The third-order valence-electron chi connectivity index (χ3n) is 2.75. The Balaban J connectivity index is 2.58. The van der Waals surface area contributed by atoms with Gasteiger partial charge in [0, 0.05) is 18.7 Å². The fraction of sp³-hybridized carbons (Fsp3) is 0.375. The molecule has 0 aromatic heterocycles. The van der Waals surface area contributed by atoms with Gasteiger partial charge in [-0.1, -0.05) is 0 Å². The van der Waals surface area contributed by atoms with Crippen molar-refractivity contribution in [1.29, 1.82) is 0 Å². The molecule has 0 bridgehead atoms. The number of urea groups is 1. The van der Waals surface area contributed by atoms with Crippen molar-refractivity contribution in [3.63, 3.8) is 0 Å². The number of anilines is 1. The van der Waals surface area contributed by atoms with Gasteiger partial charge in [-0.15, -0.1) is 0 Å². The SMILES string of the molecule is CC(=O)Nc1ccc(C(=O)OC(C)C(=O)NC(=O)NC(C)C)cc1. The summed E-state index contributed by atoms with van der Waals surface area (Å²) < 4.78 is 5.01. The molecule has 0 radical (unpaired) electrons. The van der Waals surface area contributed by atoms with Gasteiger partial charge < -0.3 is 15.4 Å². The summed E-state index contributed by atoms with van der Waals surface area (Å²) in [5.41, 5.74) is 0.755. The van der Waals surface area contributed by atoms with E-state index >= 15 is 0 Å². The molecule has 0 aliphatic heterocycles. The Hall–Kier alpha value is -2.90. The molecular weight excluding hydrogens is 314 g/mol. The minimum atomic E-state index is -1.13. The highest BCUT2D eigenvalue weighted by Gasteiger charge is 2.21. The van der Waals surface area contributed by atoms with Crippen molar-refractivity contribution in [2.75, 3.05) is 5.32 Å². The second-order valence-electron chi connectivity index (χ2n) is 5.42. The predicted octanol–water partition coefficient (Wildman–Crippen LogP) is 1.42. The number of esters is 1. The van der Waals surface area contributed by atoms with Gasteiger partial charge in [-0.3, -0.25) is 14.9 Å². The van der Waals surface area contributed by atoms with Crippen LogP contribution < -0.4 is 16.0 Å². The number of rotatable bonds is 5. The number of hydrogen-bond acceptors (Lipinski definition) is 5. The number of benzene rings is 1. The van der Waals surface area contributed by atoms with Gasteiger partial charge in [0.1, 0.15) is 0 Å². The maximum atomic E-state index is 12.0. The molecule has 3 N–H and O–H groups in total. The van der Waals surface area contributed by atoms with Crippen molar-refractivity contribution in [2.45, 2.75) is 39.8 Å². The zero-order chi connectivity index (χ0) is 18.3. The molecule has 0 heterocycles. The first-order chi connectivity index (χ1) is 11.2. The lowest BCUT2D eigenvalue weighted by atomic mass is 10.2.